The number of amides is 1. The predicted octanol–water partition coefficient (Wildman–Crippen LogP) is 3.17. The highest BCUT2D eigenvalue weighted by Crippen LogP contribution is 2.31. The zero-order valence-electron chi connectivity index (χ0n) is 11.6. The Labute approximate surface area is 131 Å². The SMILES string of the molecule is O=C1CC(Nc2ccc3cc(Br)ccc3n2)CN1C1CC1. The van der Waals surface area contributed by atoms with Crippen molar-refractivity contribution >= 4 is 38.6 Å². The molecule has 1 unspecified atom stereocenters. The van der Waals surface area contributed by atoms with Gasteiger partial charge in [-0.3, -0.25) is 4.79 Å². The van der Waals surface area contributed by atoms with E-state index in [4.69, 9.17) is 0 Å². The van der Waals surface area contributed by atoms with Crippen LogP contribution in [0, 0.1) is 0 Å². The number of benzene rings is 1. The molecule has 0 radical (unpaired) electrons. The molecular weight excluding hydrogens is 330 g/mol. The number of nitrogens with one attached hydrogen (secondary N) is 1. The molecule has 21 heavy (non-hydrogen) atoms. The minimum atomic E-state index is 0.179. The molecule has 1 aromatic carbocycles. The smallest absolute Gasteiger partial charge is 0.225 e. The summed E-state index contributed by atoms with van der Waals surface area (Å²) in [4.78, 5) is 18.6. The summed E-state index contributed by atoms with van der Waals surface area (Å²) in [5.74, 6) is 1.12. The van der Waals surface area contributed by atoms with Crippen LogP contribution in [0.2, 0.25) is 0 Å². The largest absolute Gasteiger partial charge is 0.365 e. The molecule has 0 bridgehead atoms. The molecule has 4 rings (SSSR count). The summed E-state index contributed by atoms with van der Waals surface area (Å²) in [6, 6.07) is 10.8. The van der Waals surface area contributed by atoms with Crippen LogP contribution in [-0.2, 0) is 4.79 Å². The van der Waals surface area contributed by atoms with E-state index in [1.165, 1.54) is 12.8 Å². The number of aromatic nitrogens is 1. The number of rotatable bonds is 3. The van der Waals surface area contributed by atoms with Gasteiger partial charge in [-0.15, -0.1) is 0 Å². The van der Waals surface area contributed by atoms with Crippen molar-refractivity contribution in [2.75, 3.05) is 11.9 Å². The summed E-state index contributed by atoms with van der Waals surface area (Å²) in [5, 5.41) is 4.51. The van der Waals surface area contributed by atoms with Gasteiger partial charge in [0.15, 0.2) is 0 Å². The first-order valence-corrected chi connectivity index (χ1v) is 8.11. The third-order valence-electron chi connectivity index (χ3n) is 4.15. The second-order valence-corrected chi connectivity index (χ2v) is 6.77. The lowest BCUT2D eigenvalue weighted by molar-refractivity contribution is -0.128. The van der Waals surface area contributed by atoms with Crippen molar-refractivity contribution in [3.8, 4) is 0 Å². The Morgan fingerprint density at radius 3 is 2.90 bits per heavy atom. The van der Waals surface area contributed by atoms with Gasteiger partial charge in [0, 0.05) is 28.9 Å². The summed E-state index contributed by atoms with van der Waals surface area (Å²) in [6.45, 7) is 0.809. The Kier molecular flexibility index (Phi) is 3.10. The van der Waals surface area contributed by atoms with Crippen LogP contribution in [0.5, 0.6) is 0 Å². The van der Waals surface area contributed by atoms with Crippen LogP contribution in [0.25, 0.3) is 10.9 Å². The summed E-state index contributed by atoms with van der Waals surface area (Å²) in [5.41, 5.74) is 0.964. The second kappa shape index (κ2) is 4.98. The number of likely N-dealkylation sites (tertiary alicyclic amines) is 1. The molecule has 2 aliphatic rings. The molecule has 1 aromatic heterocycles. The third kappa shape index (κ3) is 2.62. The highest BCUT2D eigenvalue weighted by Gasteiger charge is 2.39. The van der Waals surface area contributed by atoms with E-state index in [0.717, 1.165) is 27.7 Å². The van der Waals surface area contributed by atoms with Crippen molar-refractivity contribution < 1.29 is 4.79 Å². The number of carbonyl (C=O) groups is 1. The zero-order chi connectivity index (χ0) is 14.4. The lowest BCUT2D eigenvalue weighted by atomic mass is 10.2. The fourth-order valence-corrected chi connectivity index (χ4v) is 3.33. The Morgan fingerprint density at radius 2 is 2.10 bits per heavy atom. The molecular formula is C16H16BrN3O. The quantitative estimate of drug-likeness (QED) is 0.929. The van der Waals surface area contributed by atoms with E-state index in [1.54, 1.807) is 0 Å². The van der Waals surface area contributed by atoms with Gasteiger partial charge in [-0.1, -0.05) is 15.9 Å². The molecule has 4 nitrogen and oxygen atoms in total. The standard InChI is InChI=1S/C16H16BrN3O/c17-11-2-5-14-10(7-11)1-6-15(19-14)18-12-8-16(21)20(9-12)13-3-4-13/h1-2,5-7,12-13H,3-4,8-9H2,(H,18,19). The van der Waals surface area contributed by atoms with Gasteiger partial charge in [-0.05, 0) is 43.2 Å². The van der Waals surface area contributed by atoms with Crippen molar-refractivity contribution in [3.05, 3.63) is 34.8 Å². The normalized spacial score (nSPS) is 22.0. The highest BCUT2D eigenvalue weighted by atomic mass is 79.9. The molecule has 2 heterocycles. The second-order valence-electron chi connectivity index (χ2n) is 5.86. The Morgan fingerprint density at radius 1 is 1.24 bits per heavy atom. The molecule has 2 fully saturated rings. The Hall–Kier alpha value is -1.62. The Bertz CT molecular complexity index is 714. The van der Waals surface area contributed by atoms with E-state index in [1.807, 2.05) is 23.1 Å². The fourth-order valence-electron chi connectivity index (χ4n) is 2.95. The van der Waals surface area contributed by atoms with Gasteiger partial charge in [-0.2, -0.15) is 0 Å². The van der Waals surface area contributed by atoms with E-state index in [2.05, 4.69) is 38.4 Å². The van der Waals surface area contributed by atoms with Crippen molar-refractivity contribution in [1.82, 2.24) is 9.88 Å². The zero-order valence-corrected chi connectivity index (χ0v) is 13.1. The molecule has 0 spiro atoms. The topological polar surface area (TPSA) is 45.2 Å². The number of hydrogen-bond acceptors (Lipinski definition) is 3. The minimum Gasteiger partial charge on any atom is -0.365 e. The number of pyridine rings is 1. The number of halogens is 1. The average Bonchev–Trinajstić information content (AvgIpc) is 3.24. The van der Waals surface area contributed by atoms with E-state index >= 15 is 0 Å². The van der Waals surface area contributed by atoms with E-state index in [-0.39, 0.29) is 11.9 Å². The summed E-state index contributed by atoms with van der Waals surface area (Å²) < 4.78 is 1.05. The van der Waals surface area contributed by atoms with Crippen molar-refractivity contribution in [3.63, 3.8) is 0 Å². The maximum Gasteiger partial charge on any atom is 0.225 e. The molecule has 1 aliphatic heterocycles. The average molecular weight is 346 g/mol. The molecule has 108 valence electrons. The molecule has 1 saturated heterocycles. The lowest BCUT2D eigenvalue weighted by Crippen LogP contribution is -2.29. The van der Waals surface area contributed by atoms with Crippen LogP contribution in [0.15, 0.2) is 34.8 Å². The van der Waals surface area contributed by atoms with Gasteiger partial charge in [0.2, 0.25) is 5.91 Å². The Balaban J connectivity index is 1.52. The van der Waals surface area contributed by atoms with Crippen molar-refractivity contribution in [1.29, 1.82) is 0 Å². The van der Waals surface area contributed by atoms with E-state index in [9.17, 15) is 4.79 Å². The number of carbonyl (C=O) groups excluding carboxylic acids is 1. The van der Waals surface area contributed by atoms with Gasteiger partial charge in [0.05, 0.1) is 11.6 Å². The van der Waals surface area contributed by atoms with Gasteiger partial charge in [0.1, 0.15) is 5.82 Å². The maximum atomic E-state index is 12.0. The minimum absolute atomic E-state index is 0.179. The van der Waals surface area contributed by atoms with Crippen LogP contribution in [0.4, 0.5) is 5.82 Å². The monoisotopic (exact) mass is 345 g/mol. The molecule has 1 amide bonds. The first-order chi connectivity index (χ1) is 10.2. The van der Waals surface area contributed by atoms with Crippen molar-refractivity contribution in [2.45, 2.75) is 31.3 Å². The van der Waals surface area contributed by atoms with Gasteiger partial charge in [-0.25, -0.2) is 4.98 Å². The maximum absolute atomic E-state index is 12.0. The molecule has 1 N–H and O–H groups in total. The highest BCUT2D eigenvalue weighted by molar-refractivity contribution is 9.10. The lowest BCUT2D eigenvalue weighted by Gasteiger charge is -2.16. The summed E-state index contributed by atoms with van der Waals surface area (Å²) >= 11 is 3.47. The number of hydrogen-bond donors (Lipinski definition) is 1. The van der Waals surface area contributed by atoms with Crippen LogP contribution in [-0.4, -0.2) is 34.4 Å². The van der Waals surface area contributed by atoms with Crippen molar-refractivity contribution in [2.24, 2.45) is 0 Å². The number of nitrogens with zero attached hydrogens (tertiary/aromatic N) is 2. The van der Waals surface area contributed by atoms with Crippen LogP contribution in [0.3, 0.4) is 0 Å². The molecule has 2 aromatic rings. The van der Waals surface area contributed by atoms with Crippen LogP contribution < -0.4 is 5.32 Å². The van der Waals surface area contributed by atoms with Crippen LogP contribution >= 0.6 is 15.9 Å². The van der Waals surface area contributed by atoms with Crippen LogP contribution in [0.1, 0.15) is 19.3 Å². The first kappa shape index (κ1) is 13.1. The van der Waals surface area contributed by atoms with Gasteiger partial charge >= 0.3 is 0 Å². The third-order valence-corrected chi connectivity index (χ3v) is 4.64. The number of fused-ring (bicyclic) bond motifs is 1. The van der Waals surface area contributed by atoms with E-state index < -0.39 is 0 Å². The van der Waals surface area contributed by atoms with E-state index in [0.29, 0.717) is 12.5 Å². The first-order valence-electron chi connectivity index (χ1n) is 7.31. The molecule has 1 saturated carbocycles. The molecule has 5 heteroatoms. The summed E-state index contributed by atoms with van der Waals surface area (Å²) in [6.07, 6.45) is 2.92. The predicted molar refractivity (Wildman–Crippen MR) is 86.2 cm³/mol. The molecule has 1 atom stereocenters. The molecule has 1 aliphatic carbocycles. The number of anilines is 1. The summed E-state index contributed by atoms with van der Waals surface area (Å²) in [7, 11) is 0. The van der Waals surface area contributed by atoms with Gasteiger partial charge in [0.25, 0.3) is 0 Å². The van der Waals surface area contributed by atoms with Gasteiger partial charge < -0.3 is 10.2 Å². The fraction of sp³-hybridized carbons (Fsp3) is 0.375.